The van der Waals surface area contributed by atoms with Crippen LogP contribution in [-0.4, -0.2) is 37.3 Å². The number of aliphatic hydroxyl groups excluding tert-OH is 1. The van der Waals surface area contributed by atoms with Gasteiger partial charge in [-0.05, 0) is 6.07 Å². The fourth-order valence-electron chi connectivity index (χ4n) is 1.18. The van der Waals surface area contributed by atoms with Crippen molar-refractivity contribution >= 4 is 5.97 Å². The van der Waals surface area contributed by atoms with E-state index in [0.717, 1.165) is 0 Å². The Hall–Kier alpha value is -1.47. The number of ether oxygens (including phenoxy) is 1. The number of alkyl halides is 2. The molecule has 0 saturated carbocycles. The molecule has 0 aromatic carbocycles. The van der Waals surface area contributed by atoms with Crippen LogP contribution in [0.25, 0.3) is 0 Å². The SMILES string of the molecule is COC(=O)c1occc1CNCC(F)(F)CO. The van der Waals surface area contributed by atoms with Crippen molar-refractivity contribution in [2.75, 3.05) is 20.3 Å². The highest BCUT2D eigenvalue weighted by molar-refractivity contribution is 5.87. The van der Waals surface area contributed by atoms with Gasteiger partial charge in [0.1, 0.15) is 6.61 Å². The first-order chi connectivity index (χ1) is 8.00. The molecule has 0 fully saturated rings. The van der Waals surface area contributed by atoms with E-state index in [1.165, 1.54) is 19.4 Å². The summed E-state index contributed by atoms with van der Waals surface area (Å²) in [4.78, 5) is 11.2. The molecule has 0 unspecified atom stereocenters. The van der Waals surface area contributed by atoms with Gasteiger partial charge in [0.15, 0.2) is 0 Å². The number of carbonyl (C=O) groups is 1. The van der Waals surface area contributed by atoms with E-state index in [-0.39, 0.29) is 12.3 Å². The third-order valence-corrected chi connectivity index (χ3v) is 2.05. The van der Waals surface area contributed by atoms with Crippen molar-refractivity contribution in [1.29, 1.82) is 0 Å². The minimum absolute atomic E-state index is 0.0210. The predicted octanol–water partition coefficient (Wildman–Crippen LogP) is 0.783. The molecule has 1 aromatic heterocycles. The first-order valence-corrected chi connectivity index (χ1v) is 4.84. The summed E-state index contributed by atoms with van der Waals surface area (Å²) in [6.45, 7) is -1.89. The van der Waals surface area contributed by atoms with Gasteiger partial charge in [-0.3, -0.25) is 0 Å². The fraction of sp³-hybridized carbons (Fsp3) is 0.500. The molecule has 1 rings (SSSR count). The van der Waals surface area contributed by atoms with Crippen molar-refractivity contribution in [2.45, 2.75) is 12.5 Å². The van der Waals surface area contributed by atoms with Gasteiger partial charge in [0.25, 0.3) is 5.92 Å². The zero-order valence-electron chi connectivity index (χ0n) is 9.20. The first-order valence-electron chi connectivity index (χ1n) is 4.84. The van der Waals surface area contributed by atoms with Gasteiger partial charge in [0, 0.05) is 12.1 Å². The molecule has 1 heterocycles. The van der Waals surface area contributed by atoms with E-state index in [9.17, 15) is 13.6 Å². The number of halogens is 2. The van der Waals surface area contributed by atoms with E-state index in [0.29, 0.717) is 5.56 Å². The minimum atomic E-state index is -3.19. The van der Waals surface area contributed by atoms with E-state index >= 15 is 0 Å². The summed E-state index contributed by atoms with van der Waals surface area (Å²) >= 11 is 0. The highest BCUT2D eigenvalue weighted by atomic mass is 19.3. The van der Waals surface area contributed by atoms with Crippen molar-refractivity contribution in [3.63, 3.8) is 0 Å². The van der Waals surface area contributed by atoms with Crippen LogP contribution in [0, 0.1) is 0 Å². The molecular formula is C10H13F2NO4. The van der Waals surface area contributed by atoms with Crippen molar-refractivity contribution < 1.29 is 27.8 Å². The van der Waals surface area contributed by atoms with E-state index in [2.05, 4.69) is 10.1 Å². The molecule has 0 bridgehead atoms. The zero-order valence-corrected chi connectivity index (χ0v) is 9.20. The maximum atomic E-state index is 12.7. The molecule has 0 spiro atoms. The second kappa shape index (κ2) is 5.74. The van der Waals surface area contributed by atoms with Gasteiger partial charge >= 0.3 is 5.97 Å². The molecule has 1 aromatic rings. The molecule has 0 aliphatic rings. The van der Waals surface area contributed by atoms with Gasteiger partial charge in [-0.2, -0.15) is 0 Å². The van der Waals surface area contributed by atoms with Crippen LogP contribution >= 0.6 is 0 Å². The summed E-state index contributed by atoms with van der Waals surface area (Å²) in [6, 6.07) is 1.48. The lowest BCUT2D eigenvalue weighted by molar-refractivity contribution is -0.0477. The van der Waals surface area contributed by atoms with Crippen LogP contribution in [-0.2, 0) is 11.3 Å². The lowest BCUT2D eigenvalue weighted by atomic mass is 10.2. The smallest absolute Gasteiger partial charge is 0.374 e. The summed E-state index contributed by atoms with van der Waals surface area (Å²) in [7, 11) is 1.20. The third kappa shape index (κ3) is 3.79. The molecule has 7 heteroatoms. The Morgan fingerprint density at radius 1 is 1.65 bits per heavy atom. The van der Waals surface area contributed by atoms with Crippen molar-refractivity contribution in [3.05, 3.63) is 23.7 Å². The highest BCUT2D eigenvalue weighted by Crippen LogP contribution is 2.13. The van der Waals surface area contributed by atoms with Gasteiger partial charge < -0.3 is 19.6 Å². The molecule has 96 valence electrons. The minimum Gasteiger partial charge on any atom is -0.463 e. The molecule has 0 radical (unpaired) electrons. The molecule has 0 amide bonds. The maximum Gasteiger partial charge on any atom is 0.374 e. The number of rotatable bonds is 6. The summed E-state index contributed by atoms with van der Waals surface area (Å²) in [6.07, 6.45) is 1.27. The molecule has 17 heavy (non-hydrogen) atoms. The zero-order chi connectivity index (χ0) is 12.9. The van der Waals surface area contributed by atoms with Gasteiger partial charge in [-0.1, -0.05) is 0 Å². The monoisotopic (exact) mass is 249 g/mol. The second-order valence-electron chi connectivity index (χ2n) is 3.38. The largest absolute Gasteiger partial charge is 0.463 e. The van der Waals surface area contributed by atoms with Gasteiger partial charge in [-0.25, -0.2) is 13.6 Å². The van der Waals surface area contributed by atoms with Crippen LogP contribution in [0.2, 0.25) is 0 Å². The topological polar surface area (TPSA) is 71.7 Å². The number of aliphatic hydroxyl groups is 1. The standard InChI is InChI=1S/C10H13F2NO4/c1-16-9(15)8-7(2-3-17-8)4-13-5-10(11,12)6-14/h2-3,13-14H,4-6H2,1H3. The van der Waals surface area contributed by atoms with Crippen LogP contribution in [0.4, 0.5) is 8.78 Å². The quantitative estimate of drug-likeness (QED) is 0.729. The van der Waals surface area contributed by atoms with Crippen molar-refractivity contribution in [1.82, 2.24) is 5.32 Å². The Morgan fingerprint density at radius 2 is 2.35 bits per heavy atom. The van der Waals surface area contributed by atoms with Crippen LogP contribution in [0.3, 0.4) is 0 Å². The Labute approximate surface area is 96.4 Å². The molecule has 5 nitrogen and oxygen atoms in total. The fourth-order valence-corrected chi connectivity index (χ4v) is 1.18. The second-order valence-corrected chi connectivity index (χ2v) is 3.38. The summed E-state index contributed by atoms with van der Waals surface area (Å²) in [5.74, 6) is -3.87. The molecule has 0 saturated heterocycles. The average molecular weight is 249 g/mol. The number of hydrogen-bond donors (Lipinski definition) is 2. The summed E-state index contributed by atoms with van der Waals surface area (Å²) in [5.41, 5.74) is 0.422. The van der Waals surface area contributed by atoms with Crippen LogP contribution in [0.1, 0.15) is 16.1 Å². The van der Waals surface area contributed by atoms with E-state index in [1.54, 1.807) is 0 Å². The first kappa shape index (κ1) is 13.6. The number of nitrogens with one attached hydrogen (secondary N) is 1. The average Bonchev–Trinajstić information content (AvgIpc) is 2.76. The summed E-state index contributed by atoms with van der Waals surface area (Å²) < 4.78 is 34.7. The number of esters is 1. The lowest BCUT2D eigenvalue weighted by Gasteiger charge is -2.13. The number of furan rings is 1. The molecule has 0 aliphatic heterocycles. The van der Waals surface area contributed by atoms with Crippen molar-refractivity contribution in [3.8, 4) is 0 Å². The maximum absolute atomic E-state index is 12.7. The van der Waals surface area contributed by atoms with Gasteiger partial charge in [0.05, 0.1) is 19.9 Å². The number of carbonyl (C=O) groups excluding carboxylic acids is 1. The van der Waals surface area contributed by atoms with E-state index < -0.39 is 25.0 Å². The Bertz CT molecular complexity index is 378. The number of hydrogen-bond acceptors (Lipinski definition) is 5. The van der Waals surface area contributed by atoms with E-state index in [1.807, 2.05) is 0 Å². The van der Waals surface area contributed by atoms with Crippen LogP contribution < -0.4 is 5.32 Å². The van der Waals surface area contributed by atoms with Crippen LogP contribution in [0.5, 0.6) is 0 Å². The number of methoxy groups -OCH3 is 1. The molecule has 2 N–H and O–H groups in total. The van der Waals surface area contributed by atoms with Gasteiger partial charge in [-0.15, -0.1) is 0 Å². The third-order valence-electron chi connectivity index (χ3n) is 2.05. The lowest BCUT2D eigenvalue weighted by Crippen LogP contribution is -2.35. The Balaban J connectivity index is 2.53. The summed E-state index contributed by atoms with van der Waals surface area (Å²) in [5, 5.41) is 10.8. The van der Waals surface area contributed by atoms with Crippen molar-refractivity contribution in [2.24, 2.45) is 0 Å². The molecule has 0 aliphatic carbocycles. The molecular weight excluding hydrogens is 236 g/mol. The van der Waals surface area contributed by atoms with Gasteiger partial charge in [0.2, 0.25) is 5.76 Å². The highest BCUT2D eigenvalue weighted by Gasteiger charge is 2.27. The Morgan fingerprint density at radius 3 is 2.94 bits per heavy atom. The predicted molar refractivity (Wildman–Crippen MR) is 53.8 cm³/mol. The van der Waals surface area contributed by atoms with Crippen LogP contribution in [0.15, 0.2) is 16.7 Å². The molecule has 0 atom stereocenters. The Kier molecular flexibility index (Phi) is 4.59. The normalized spacial score (nSPS) is 11.5. The van der Waals surface area contributed by atoms with E-state index in [4.69, 9.17) is 9.52 Å².